The molecular weight excluding hydrogens is 360 g/mol. The van der Waals surface area contributed by atoms with Crippen molar-refractivity contribution in [2.45, 2.75) is 20.0 Å². The van der Waals surface area contributed by atoms with Crippen LogP contribution >= 0.6 is 0 Å². The summed E-state index contributed by atoms with van der Waals surface area (Å²) in [7, 11) is 3.08. The van der Waals surface area contributed by atoms with Crippen molar-refractivity contribution >= 4 is 23.2 Å². The molecule has 144 valence electrons. The van der Waals surface area contributed by atoms with Crippen LogP contribution < -0.4 is 14.4 Å². The Labute approximate surface area is 162 Å². The molecule has 0 radical (unpaired) electrons. The number of nitrogens with zero attached hydrogens (tertiary/aromatic N) is 2. The van der Waals surface area contributed by atoms with Gasteiger partial charge in [-0.3, -0.25) is 9.59 Å². The van der Waals surface area contributed by atoms with E-state index in [9.17, 15) is 9.59 Å². The van der Waals surface area contributed by atoms with Gasteiger partial charge >= 0.3 is 0 Å². The van der Waals surface area contributed by atoms with Crippen molar-refractivity contribution in [2.75, 3.05) is 19.1 Å². The minimum atomic E-state index is -0.949. The normalized spacial score (nSPS) is 20.7. The van der Waals surface area contributed by atoms with Gasteiger partial charge in [0.25, 0.3) is 5.91 Å². The Morgan fingerprint density at radius 1 is 1.00 bits per heavy atom. The Hall–Kier alpha value is -3.35. The number of amides is 2. The molecule has 0 bridgehead atoms. The first kappa shape index (κ1) is 18.0. The van der Waals surface area contributed by atoms with E-state index in [1.165, 1.54) is 12.0 Å². The van der Waals surface area contributed by atoms with Crippen LogP contribution in [0.15, 0.2) is 41.6 Å². The number of fused-ring (bicyclic) bond motifs is 1. The van der Waals surface area contributed by atoms with Gasteiger partial charge in [-0.2, -0.15) is 0 Å². The van der Waals surface area contributed by atoms with Crippen molar-refractivity contribution < 1.29 is 23.9 Å². The monoisotopic (exact) mass is 380 g/mol. The summed E-state index contributed by atoms with van der Waals surface area (Å²) >= 11 is 0. The molecule has 0 aliphatic carbocycles. The molecule has 2 heterocycles. The summed E-state index contributed by atoms with van der Waals surface area (Å²) in [5.74, 6) is -0.453. The van der Waals surface area contributed by atoms with Crippen LogP contribution in [0.25, 0.3) is 0 Å². The van der Waals surface area contributed by atoms with Gasteiger partial charge in [0.1, 0.15) is 11.6 Å². The number of carbonyl (C=O) groups excluding carboxylic acids is 2. The molecule has 2 aliphatic rings. The zero-order valence-electron chi connectivity index (χ0n) is 16.1. The van der Waals surface area contributed by atoms with Crippen LogP contribution in [0.1, 0.15) is 16.7 Å². The highest BCUT2D eigenvalue weighted by Gasteiger charge is 2.56. The maximum atomic E-state index is 13.2. The molecular formula is C21H20N2O5. The van der Waals surface area contributed by atoms with Gasteiger partial charge in [0.2, 0.25) is 12.0 Å². The predicted octanol–water partition coefficient (Wildman–Crippen LogP) is 2.61. The van der Waals surface area contributed by atoms with Crippen LogP contribution in [-0.2, 0) is 14.4 Å². The topological polar surface area (TPSA) is 77.4 Å². The molecule has 0 N–H and O–H groups in total. The summed E-state index contributed by atoms with van der Waals surface area (Å²) in [5, 5.41) is 4.04. The zero-order valence-corrected chi connectivity index (χ0v) is 16.1. The van der Waals surface area contributed by atoms with E-state index >= 15 is 0 Å². The standard InChI is InChI=1S/C21H20N2O5/c1-11-6-5-7-14(12(11)2)23-20(24)17-18(22-28-19(17)21(23)25)13-8-9-15(26-3)16(10-13)27-4/h5-10,17,19H,1-4H3/t17-,19+/m0/s1. The summed E-state index contributed by atoms with van der Waals surface area (Å²) in [4.78, 5) is 32.7. The number of oxime groups is 1. The van der Waals surface area contributed by atoms with Gasteiger partial charge in [0.05, 0.1) is 19.9 Å². The van der Waals surface area contributed by atoms with E-state index in [-0.39, 0.29) is 5.91 Å². The molecule has 7 nitrogen and oxygen atoms in total. The van der Waals surface area contributed by atoms with E-state index < -0.39 is 17.9 Å². The molecule has 7 heteroatoms. The van der Waals surface area contributed by atoms with Crippen LogP contribution in [0, 0.1) is 19.8 Å². The molecule has 1 saturated heterocycles. The van der Waals surface area contributed by atoms with Crippen molar-refractivity contribution in [1.29, 1.82) is 0 Å². The maximum Gasteiger partial charge on any atom is 0.278 e. The van der Waals surface area contributed by atoms with E-state index in [0.717, 1.165) is 11.1 Å². The highest BCUT2D eigenvalue weighted by atomic mass is 16.7. The van der Waals surface area contributed by atoms with E-state index in [1.54, 1.807) is 31.4 Å². The van der Waals surface area contributed by atoms with Crippen molar-refractivity contribution in [3.63, 3.8) is 0 Å². The predicted molar refractivity (Wildman–Crippen MR) is 103 cm³/mol. The molecule has 2 aliphatic heterocycles. The second kappa shape index (κ2) is 6.67. The number of anilines is 1. The second-order valence-corrected chi connectivity index (χ2v) is 6.78. The van der Waals surface area contributed by atoms with Crippen molar-refractivity contribution in [1.82, 2.24) is 0 Å². The summed E-state index contributed by atoms with van der Waals surface area (Å²) in [6.45, 7) is 3.83. The molecule has 2 aromatic carbocycles. The fourth-order valence-electron chi connectivity index (χ4n) is 3.63. The average Bonchev–Trinajstić information content (AvgIpc) is 3.24. The highest BCUT2D eigenvalue weighted by Crippen LogP contribution is 2.38. The molecule has 2 aromatic rings. The number of hydrogen-bond donors (Lipinski definition) is 0. The van der Waals surface area contributed by atoms with Crippen LogP contribution in [-0.4, -0.2) is 37.8 Å². The van der Waals surface area contributed by atoms with Gasteiger partial charge in [0, 0.05) is 5.56 Å². The third-order valence-corrected chi connectivity index (χ3v) is 5.31. The Morgan fingerprint density at radius 3 is 2.46 bits per heavy atom. The number of rotatable bonds is 4. The minimum absolute atomic E-state index is 0.338. The molecule has 4 rings (SSSR count). The number of hydrogen-bond acceptors (Lipinski definition) is 6. The Bertz CT molecular complexity index is 1010. The molecule has 0 spiro atoms. The lowest BCUT2D eigenvalue weighted by Gasteiger charge is -2.19. The van der Waals surface area contributed by atoms with E-state index in [0.29, 0.717) is 28.5 Å². The van der Waals surface area contributed by atoms with Crippen LogP contribution in [0.5, 0.6) is 11.5 Å². The van der Waals surface area contributed by atoms with Gasteiger partial charge in [-0.1, -0.05) is 17.3 Å². The van der Waals surface area contributed by atoms with Gasteiger partial charge in [-0.05, 0) is 49.2 Å². The summed E-state index contributed by atoms with van der Waals surface area (Å²) < 4.78 is 10.6. The lowest BCUT2D eigenvalue weighted by Crippen LogP contribution is -2.33. The Morgan fingerprint density at radius 2 is 1.75 bits per heavy atom. The Balaban J connectivity index is 1.72. The number of imide groups is 1. The van der Waals surface area contributed by atoms with Crippen molar-refractivity contribution in [3.05, 3.63) is 53.1 Å². The van der Waals surface area contributed by atoms with E-state index in [2.05, 4.69) is 5.16 Å². The molecule has 2 amide bonds. The fraction of sp³-hybridized carbons (Fsp3) is 0.286. The number of carbonyl (C=O) groups is 2. The average molecular weight is 380 g/mol. The maximum absolute atomic E-state index is 13.2. The number of aryl methyl sites for hydroxylation is 1. The molecule has 0 aromatic heterocycles. The SMILES string of the molecule is COc1ccc(C2=NO[C@H]3C(=O)N(c4cccc(C)c4C)C(=O)[C@@H]23)cc1OC. The zero-order chi connectivity index (χ0) is 20.0. The first-order chi connectivity index (χ1) is 13.5. The minimum Gasteiger partial charge on any atom is -0.493 e. The van der Waals surface area contributed by atoms with Gasteiger partial charge < -0.3 is 14.3 Å². The first-order valence-corrected chi connectivity index (χ1v) is 8.88. The molecule has 0 saturated carbocycles. The van der Waals surface area contributed by atoms with E-state index in [1.807, 2.05) is 26.0 Å². The molecule has 2 atom stereocenters. The quantitative estimate of drug-likeness (QED) is 0.762. The van der Waals surface area contributed by atoms with Crippen LogP contribution in [0.3, 0.4) is 0 Å². The second-order valence-electron chi connectivity index (χ2n) is 6.78. The van der Waals surface area contributed by atoms with E-state index in [4.69, 9.17) is 14.3 Å². The smallest absolute Gasteiger partial charge is 0.278 e. The first-order valence-electron chi connectivity index (χ1n) is 8.88. The fourth-order valence-corrected chi connectivity index (χ4v) is 3.63. The van der Waals surface area contributed by atoms with Crippen molar-refractivity contribution in [2.24, 2.45) is 11.1 Å². The highest BCUT2D eigenvalue weighted by molar-refractivity contribution is 6.32. The number of ether oxygens (including phenoxy) is 2. The van der Waals surface area contributed by atoms with Gasteiger partial charge in [0.15, 0.2) is 11.5 Å². The number of benzene rings is 2. The Kier molecular flexibility index (Phi) is 4.30. The summed E-state index contributed by atoms with van der Waals surface area (Å²) in [6.07, 6.45) is -0.949. The number of methoxy groups -OCH3 is 2. The third kappa shape index (κ3) is 2.54. The molecule has 0 unspecified atom stereocenters. The summed E-state index contributed by atoms with van der Waals surface area (Å²) in [6, 6.07) is 10.8. The molecule has 1 fully saturated rings. The van der Waals surface area contributed by atoms with Gasteiger partial charge in [-0.15, -0.1) is 0 Å². The lowest BCUT2D eigenvalue weighted by molar-refractivity contribution is -0.126. The van der Waals surface area contributed by atoms with Gasteiger partial charge in [-0.25, -0.2) is 4.90 Å². The van der Waals surface area contributed by atoms with Crippen LogP contribution in [0.4, 0.5) is 5.69 Å². The third-order valence-electron chi connectivity index (χ3n) is 5.31. The molecule has 28 heavy (non-hydrogen) atoms. The largest absolute Gasteiger partial charge is 0.493 e. The van der Waals surface area contributed by atoms with Crippen molar-refractivity contribution in [3.8, 4) is 11.5 Å². The van der Waals surface area contributed by atoms with Crippen LogP contribution in [0.2, 0.25) is 0 Å². The summed E-state index contributed by atoms with van der Waals surface area (Å²) in [5.41, 5.74) is 3.53. The lowest BCUT2D eigenvalue weighted by atomic mass is 9.94.